The molecule has 2 N–H and O–H groups in total. The summed E-state index contributed by atoms with van der Waals surface area (Å²) in [7, 11) is 1.94. The first-order valence-electron chi connectivity index (χ1n) is 6.17. The van der Waals surface area contributed by atoms with Crippen molar-refractivity contribution in [1.82, 2.24) is 4.90 Å². The summed E-state index contributed by atoms with van der Waals surface area (Å²) in [6.07, 6.45) is 5.64. The van der Waals surface area contributed by atoms with Crippen molar-refractivity contribution in [1.29, 1.82) is 0 Å². The predicted molar refractivity (Wildman–Crippen MR) is 60.2 cm³/mol. The number of hydrogen-bond donors (Lipinski definition) is 2. The fourth-order valence-electron chi connectivity index (χ4n) is 3.07. The minimum atomic E-state index is -0.693. The third-order valence-corrected chi connectivity index (χ3v) is 4.20. The van der Waals surface area contributed by atoms with Crippen molar-refractivity contribution < 1.29 is 15.0 Å². The highest BCUT2D eigenvalue weighted by atomic mass is 16.4. The topological polar surface area (TPSA) is 60.8 Å². The number of likely N-dealkylation sites (N-methyl/N-ethyl adjacent to an activating group) is 1. The van der Waals surface area contributed by atoms with Gasteiger partial charge in [0.05, 0.1) is 11.5 Å². The van der Waals surface area contributed by atoms with Crippen molar-refractivity contribution >= 4 is 5.97 Å². The molecule has 2 rings (SSSR count). The molecule has 2 aliphatic rings. The van der Waals surface area contributed by atoms with E-state index in [1.807, 2.05) is 11.9 Å². The molecular formula is C12H21NO3. The Bertz CT molecular complexity index is 273. The zero-order valence-corrected chi connectivity index (χ0v) is 9.85. The van der Waals surface area contributed by atoms with E-state index in [-0.39, 0.29) is 12.0 Å². The van der Waals surface area contributed by atoms with Crippen molar-refractivity contribution in [3.63, 3.8) is 0 Å². The van der Waals surface area contributed by atoms with Gasteiger partial charge < -0.3 is 10.2 Å². The molecule has 2 saturated carbocycles. The molecule has 0 aliphatic heterocycles. The van der Waals surface area contributed by atoms with Gasteiger partial charge >= 0.3 is 5.97 Å². The van der Waals surface area contributed by atoms with Gasteiger partial charge in [-0.3, -0.25) is 9.69 Å². The van der Waals surface area contributed by atoms with E-state index in [4.69, 9.17) is 5.11 Å². The molecule has 0 aromatic heterocycles. The van der Waals surface area contributed by atoms with E-state index in [0.29, 0.717) is 6.54 Å². The zero-order chi connectivity index (χ0) is 11.8. The number of carboxylic acid groups (broad SMARTS) is 1. The summed E-state index contributed by atoms with van der Waals surface area (Å²) in [5, 5.41) is 19.3. The molecular weight excluding hydrogens is 206 g/mol. The number of carbonyl (C=O) groups is 1. The molecule has 0 radical (unpaired) electrons. The van der Waals surface area contributed by atoms with Crippen LogP contribution in [-0.4, -0.2) is 46.3 Å². The smallest absolute Gasteiger partial charge is 0.308 e. The van der Waals surface area contributed by atoms with Crippen molar-refractivity contribution in [3.8, 4) is 0 Å². The van der Waals surface area contributed by atoms with Crippen molar-refractivity contribution in [2.24, 2.45) is 5.92 Å². The second kappa shape index (κ2) is 4.34. The van der Waals surface area contributed by atoms with Crippen LogP contribution in [0.4, 0.5) is 0 Å². The number of aliphatic carboxylic acids is 1. The van der Waals surface area contributed by atoms with Gasteiger partial charge in [0.2, 0.25) is 0 Å². The van der Waals surface area contributed by atoms with Crippen LogP contribution in [0.2, 0.25) is 0 Å². The minimum absolute atomic E-state index is 0.127. The lowest BCUT2D eigenvalue weighted by atomic mass is 9.78. The van der Waals surface area contributed by atoms with Crippen LogP contribution in [0.1, 0.15) is 38.5 Å². The van der Waals surface area contributed by atoms with Crippen LogP contribution in [0, 0.1) is 5.92 Å². The Kier molecular flexibility index (Phi) is 3.22. The van der Waals surface area contributed by atoms with Gasteiger partial charge in [-0.1, -0.05) is 12.8 Å². The van der Waals surface area contributed by atoms with E-state index < -0.39 is 11.6 Å². The molecule has 0 spiro atoms. The van der Waals surface area contributed by atoms with E-state index in [1.54, 1.807) is 0 Å². The van der Waals surface area contributed by atoms with Gasteiger partial charge in [0.1, 0.15) is 0 Å². The van der Waals surface area contributed by atoms with Crippen LogP contribution >= 0.6 is 0 Å². The number of hydrogen-bond acceptors (Lipinski definition) is 3. The van der Waals surface area contributed by atoms with Gasteiger partial charge in [-0.25, -0.2) is 0 Å². The van der Waals surface area contributed by atoms with Gasteiger partial charge in [-0.05, 0) is 32.7 Å². The maximum Gasteiger partial charge on any atom is 0.308 e. The highest BCUT2D eigenvalue weighted by Crippen LogP contribution is 2.35. The summed E-state index contributed by atoms with van der Waals surface area (Å²) >= 11 is 0. The SMILES string of the molecule is CN(CC1(O)CCCC1)C1CCC1C(=O)O. The molecule has 0 saturated heterocycles. The number of aliphatic hydroxyl groups is 1. The van der Waals surface area contributed by atoms with Crippen LogP contribution < -0.4 is 0 Å². The third-order valence-electron chi connectivity index (χ3n) is 4.20. The third kappa shape index (κ3) is 2.23. The van der Waals surface area contributed by atoms with Gasteiger partial charge in [-0.2, -0.15) is 0 Å². The quantitative estimate of drug-likeness (QED) is 0.754. The Morgan fingerprint density at radius 1 is 1.38 bits per heavy atom. The fourth-order valence-corrected chi connectivity index (χ4v) is 3.07. The van der Waals surface area contributed by atoms with E-state index in [9.17, 15) is 9.90 Å². The first kappa shape index (κ1) is 11.9. The Balaban J connectivity index is 1.88. The lowest BCUT2D eigenvalue weighted by Crippen LogP contribution is -2.52. The average Bonchev–Trinajstić information content (AvgIpc) is 2.47. The van der Waals surface area contributed by atoms with Gasteiger partial charge in [0.25, 0.3) is 0 Å². The molecule has 2 fully saturated rings. The molecule has 2 unspecified atom stereocenters. The van der Waals surface area contributed by atoms with Crippen molar-refractivity contribution in [3.05, 3.63) is 0 Å². The fraction of sp³-hybridized carbons (Fsp3) is 0.917. The molecule has 0 heterocycles. The summed E-state index contributed by atoms with van der Waals surface area (Å²) in [6, 6.07) is 0.127. The Morgan fingerprint density at radius 2 is 2.00 bits per heavy atom. The second-order valence-electron chi connectivity index (χ2n) is 5.44. The van der Waals surface area contributed by atoms with E-state index >= 15 is 0 Å². The number of rotatable bonds is 4. The van der Waals surface area contributed by atoms with Crippen LogP contribution in [-0.2, 0) is 4.79 Å². The Hall–Kier alpha value is -0.610. The lowest BCUT2D eigenvalue weighted by molar-refractivity contribution is -0.149. The maximum atomic E-state index is 10.9. The monoisotopic (exact) mass is 227 g/mol. The van der Waals surface area contributed by atoms with Gasteiger partial charge in [0.15, 0.2) is 0 Å². The van der Waals surface area contributed by atoms with Gasteiger partial charge in [0, 0.05) is 12.6 Å². The zero-order valence-electron chi connectivity index (χ0n) is 9.85. The second-order valence-corrected chi connectivity index (χ2v) is 5.44. The Labute approximate surface area is 96.3 Å². The molecule has 0 aromatic rings. The molecule has 92 valence electrons. The molecule has 0 bridgehead atoms. The van der Waals surface area contributed by atoms with E-state index in [1.165, 1.54) is 0 Å². The Morgan fingerprint density at radius 3 is 2.44 bits per heavy atom. The summed E-state index contributed by atoms with van der Waals surface area (Å²) in [5.41, 5.74) is -0.562. The molecule has 16 heavy (non-hydrogen) atoms. The van der Waals surface area contributed by atoms with Crippen LogP contribution in [0.5, 0.6) is 0 Å². The number of nitrogens with zero attached hydrogens (tertiary/aromatic N) is 1. The van der Waals surface area contributed by atoms with Gasteiger partial charge in [-0.15, -0.1) is 0 Å². The van der Waals surface area contributed by atoms with Crippen LogP contribution in [0.25, 0.3) is 0 Å². The maximum absolute atomic E-state index is 10.9. The summed E-state index contributed by atoms with van der Waals surface area (Å²) in [4.78, 5) is 13.0. The summed E-state index contributed by atoms with van der Waals surface area (Å²) in [5.74, 6) is -0.920. The normalized spacial score (nSPS) is 32.7. The standard InChI is InChI=1S/C12H21NO3/c1-13(8-12(16)6-2-3-7-12)10-5-4-9(10)11(14)15/h9-10,16H,2-8H2,1H3,(H,14,15). The molecule has 4 heteroatoms. The average molecular weight is 227 g/mol. The lowest BCUT2D eigenvalue weighted by Gasteiger charge is -2.42. The molecule has 2 atom stereocenters. The summed E-state index contributed by atoms with van der Waals surface area (Å²) in [6.45, 7) is 0.626. The molecule has 4 nitrogen and oxygen atoms in total. The molecule has 2 aliphatic carbocycles. The highest BCUT2D eigenvalue weighted by molar-refractivity contribution is 5.72. The van der Waals surface area contributed by atoms with E-state index in [0.717, 1.165) is 38.5 Å². The van der Waals surface area contributed by atoms with Crippen LogP contribution in [0.15, 0.2) is 0 Å². The van der Waals surface area contributed by atoms with Crippen molar-refractivity contribution in [2.45, 2.75) is 50.2 Å². The minimum Gasteiger partial charge on any atom is -0.481 e. The molecule has 0 aromatic carbocycles. The first-order valence-corrected chi connectivity index (χ1v) is 6.17. The first-order chi connectivity index (χ1) is 7.52. The van der Waals surface area contributed by atoms with Crippen molar-refractivity contribution in [2.75, 3.05) is 13.6 Å². The number of carboxylic acids is 1. The summed E-state index contributed by atoms with van der Waals surface area (Å²) < 4.78 is 0. The predicted octanol–water partition coefficient (Wildman–Crippen LogP) is 1.09. The highest BCUT2D eigenvalue weighted by Gasteiger charge is 2.42. The molecule has 0 amide bonds. The largest absolute Gasteiger partial charge is 0.481 e. The van der Waals surface area contributed by atoms with E-state index in [2.05, 4.69) is 0 Å². The van der Waals surface area contributed by atoms with Crippen LogP contribution in [0.3, 0.4) is 0 Å².